The summed E-state index contributed by atoms with van der Waals surface area (Å²) >= 11 is 1.44. The Morgan fingerprint density at radius 3 is 2.33 bits per heavy atom. The van der Waals surface area contributed by atoms with Gasteiger partial charge in [0, 0.05) is 5.38 Å². The SMILES string of the molecule is CC(C)(C)c1cscc1C(=O)O. The highest BCUT2D eigenvalue weighted by Gasteiger charge is 2.21. The number of thiophene rings is 1. The molecule has 1 aromatic rings. The van der Waals surface area contributed by atoms with Gasteiger partial charge in [-0.3, -0.25) is 0 Å². The van der Waals surface area contributed by atoms with Gasteiger partial charge in [0.15, 0.2) is 0 Å². The molecule has 3 heteroatoms. The summed E-state index contributed by atoms with van der Waals surface area (Å²) in [5.41, 5.74) is 1.28. The number of carbonyl (C=O) groups is 1. The Labute approximate surface area is 75.9 Å². The Kier molecular flexibility index (Phi) is 2.24. The van der Waals surface area contributed by atoms with Crippen LogP contribution in [0.4, 0.5) is 0 Å². The molecular weight excluding hydrogens is 172 g/mol. The van der Waals surface area contributed by atoms with Crippen molar-refractivity contribution >= 4 is 17.3 Å². The molecule has 0 saturated carbocycles. The van der Waals surface area contributed by atoms with E-state index in [9.17, 15) is 4.79 Å². The molecule has 0 spiro atoms. The predicted molar refractivity (Wildman–Crippen MR) is 50.0 cm³/mol. The lowest BCUT2D eigenvalue weighted by Crippen LogP contribution is -2.14. The zero-order valence-electron chi connectivity index (χ0n) is 7.42. The predicted octanol–water partition coefficient (Wildman–Crippen LogP) is 2.74. The Bertz CT molecular complexity index is 294. The summed E-state index contributed by atoms with van der Waals surface area (Å²) in [5, 5.41) is 12.4. The second kappa shape index (κ2) is 2.90. The summed E-state index contributed by atoms with van der Waals surface area (Å²) in [7, 11) is 0. The van der Waals surface area contributed by atoms with E-state index in [4.69, 9.17) is 5.11 Å². The molecule has 1 heterocycles. The molecule has 66 valence electrons. The lowest BCUT2D eigenvalue weighted by molar-refractivity contribution is 0.0695. The molecule has 0 radical (unpaired) electrons. The maximum atomic E-state index is 10.7. The summed E-state index contributed by atoms with van der Waals surface area (Å²) in [6.07, 6.45) is 0. The lowest BCUT2D eigenvalue weighted by atomic mass is 9.86. The van der Waals surface area contributed by atoms with Gasteiger partial charge in [-0.1, -0.05) is 20.8 Å². The van der Waals surface area contributed by atoms with Gasteiger partial charge in [0.1, 0.15) is 0 Å². The minimum absolute atomic E-state index is 0.0757. The molecule has 0 atom stereocenters. The first-order chi connectivity index (χ1) is 5.43. The van der Waals surface area contributed by atoms with Crippen LogP contribution in [0.5, 0.6) is 0 Å². The fourth-order valence-corrected chi connectivity index (χ4v) is 2.09. The molecule has 12 heavy (non-hydrogen) atoms. The maximum Gasteiger partial charge on any atom is 0.336 e. The highest BCUT2D eigenvalue weighted by Crippen LogP contribution is 2.28. The molecule has 0 aliphatic carbocycles. The van der Waals surface area contributed by atoms with Crippen molar-refractivity contribution in [3.63, 3.8) is 0 Å². The van der Waals surface area contributed by atoms with Gasteiger partial charge in [-0.25, -0.2) is 4.79 Å². The Hall–Kier alpha value is -0.830. The second-order valence-corrected chi connectivity index (χ2v) is 4.50. The van der Waals surface area contributed by atoms with E-state index in [1.165, 1.54) is 11.3 Å². The van der Waals surface area contributed by atoms with Gasteiger partial charge < -0.3 is 5.11 Å². The fourth-order valence-electron chi connectivity index (χ4n) is 1.04. The zero-order valence-corrected chi connectivity index (χ0v) is 8.23. The third-order valence-electron chi connectivity index (χ3n) is 1.70. The normalized spacial score (nSPS) is 11.6. The van der Waals surface area contributed by atoms with E-state index >= 15 is 0 Å². The monoisotopic (exact) mass is 184 g/mol. The first-order valence-electron chi connectivity index (χ1n) is 3.73. The van der Waals surface area contributed by atoms with E-state index < -0.39 is 5.97 Å². The molecule has 0 bridgehead atoms. The van der Waals surface area contributed by atoms with E-state index in [1.807, 2.05) is 26.2 Å². The third-order valence-corrected chi connectivity index (χ3v) is 2.44. The van der Waals surface area contributed by atoms with Crippen LogP contribution in [0.25, 0.3) is 0 Å². The van der Waals surface area contributed by atoms with Gasteiger partial charge in [0.2, 0.25) is 0 Å². The van der Waals surface area contributed by atoms with Crippen molar-refractivity contribution < 1.29 is 9.90 Å². The van der Waals surface area contributed by atoms with Gasteiger partial charge in [-0.15, -0.1) is 0 Å². The van der Waals surface area contributed by atoms with Crippen LogP contribution in [0.3, 0.4) is 0 Å². The van der Waals surface area contributed by atoms with Crippen LogP contribution in [0.2, 0.25) is 0 Å². The number of carboxylic acid groups (broad SMARTS) is 1. The summed E-state index contributed by atoms with van der Waals surface area (Å²) in [5.74, 6) is -0.832. The largest absolute Gasteiger partial charge is 0.478 e. The van der Waals surface area contributed by atoms with Crippen molar-refractivity contribution in [3.05, 3.63) is 21.9 Å². The van der Waals surface area contributed by atoms with Crippen molar-refractivity contribution in [2.24, 2.45) is 0 Å². The minimum Gasteiger partial charge on any atom is -0.478 e. The molecule has 2 nitrogen and oxygen atoms in total. The number of hydrogen-bond donors (Lipinski definition) is 1. The number of rotatable bonds is 1. The fraction of sp³-hybridized carbons (Fsp3) is 0.444. The molecule has 0 saturated heterocycles. The Balaban J connectivity index is 3.17. The van der Waals surface area contributed by atoms with Crippen LogP contribution in [-0.2, 0) is 5.41 Å². The van der Waals surface area contributed by atoms with E-state index in [0.29, 0.717) is 5.56 Å². The van der Waals surface area contributed by atoms with Crippen molar-refractivity contribution in [2.75, 3.05) is 0 Å². The molecule has 1 rings (SSSR count). The molecule has 1 aromatic heterocycles. The van der Waals surface area contributed by atoms with Crippen LogP contribution < -0.4 is 0 Å². The highest BCUT2D eigenvalue weighted by atomic mass is 32.1. The second-order valence-electron chi connectivity index (χ2n) is 3.75. The first kappa shape index (κ1) is 9.26. The first-order valence-corrected chi connectivity index (χ1v) is 4.67. The number of hydrogen-bond acceptors (Lipinski definition) is 2. The number of aromatic carboxylic acids is 1. The van der Waals surface area contributed by atoms with E-state index in [-0.39, 0.29) is 5.41 Å². The molecule has 0 amide bonds. The highest BCUT2D eigenvalue weighted by molar-refractivity contribution is 7.08. The molecule has 0 aliphatic rings. The van der Waals surface area contributed by atoms with E-state index in [0.717, 1.165) is 5.56 Å². The summed E-state index contributed by atoms with van der Waals surface area (Å²) in [6, 6.07) is 0. The lowest BCUT2D eigenvalue weighted by Gasteiger charge is -2.17. The van der Waals surface area contributed by atoms with Gasteiger partial charge in [0.05, 0.1) is 5.56 Å². The van der Waals surface area contributed by atoms with E-state index in [2.05, 4.69) is 0 Å². The van der Waals surface area contributed by atoms with Crippen LogP contribution in [0.1, 0.15) is 36.7 Å². The molecule has 0 unspecified atom stereocenters. The average Bonchev–Trinajstić information content (AvgIpc) is 2.30. The van der Waals surface area contributed by atoms with Gasteiger partial charge in [-0.05, 0) is 16.4 Å². The summed E-state index contributed by atoms with van der Waals surface area (Å²) < 4.78 is 0. The Morgan fingerprint density at radius 1 is 1.42 bits per heavy atom. The van der Waals surface area contributed by atoms with Gasteiger partial charge >= 0.3 is 5.97 Å². The van der Waals surface area contributed by atoms with Crippen LogP contribution in [-0.4, -0.2) is 11.1 Å². The van der Waals surface area contributed by atoms with Crippen LogP contribution in [0.15, 0.2) is 10.8 Å². The van der Waals surface area contributed by atoms with Crippen LogP contribution in [0, 0.1) is 0 Å². The van der Waals surface area contributed by atoms with Crippen molar-refractivity contribution in [1.82, 2.24) is 0 Å². The van der Waals surface area contributed by atoms with Crippen molar-refractivity contribution in [2.45, 2.75) is 26.2 Å². The van der Waals surface area contributed by atoms with Crippen molar-refractivity contribution in [1.29, 1.82) is 0 Å². The molecular formula is C9H12O2S. The Morgan fingerprint density at radius 2 is 2.00 bits per heavy atom. The van der Waals surface area contributed by atoms with Crippen molar-refractivity contribution in [3.8, 4) is 0 Å². The average molecular weight is 184 g/mol. The quantitative estimate of drug-likeness (QED) is 0.728. The standard InChI is InChI=1S/C9H12O2S/c1-9(2,3)7-5-12-4-6(7)8(10)11/h4-5H,1-3H3,(H,10,11). The van der Waals surface area contributed by atoms with Gasteiger partial charge in [-0.2, -0.15) is 11.3 Å². The minimum atomic E-state index is -0.832. The topological polar surface area (TPSA) is 37.3 Å². The maximum absolute atomic E-state index is 10.7. The molecule has 1 N–H and O–H groups in total. The molecule has 0 aliphatic heterocycles. The van der Waals surface area contributed by atoms with Gasteiger partial charge in [0.25, 0.3) is 0 Å². The molecule has 0 aromatic carbocycles. The smallest absolute Gasteiger partial charge is 0.336 e. The van der Waals surface area contributed by atoms with E-state index in [1.54, 1.807) is 5.38 Å². The number of carboxylic acids is 1. The third kappa shape index (κ3) is 1.67. The molecule has 0 fully saturated rings. The summed E-state index contributed by atoms with van der Waals surface area (Å²) in [4.78, 5) is 10.7. The van der Waals surface area contributed by atoms with Crippen LogP contribution >= 0.6 is 11.3 Å². The zero-order chi connectivity index (χ0) is 9.35. The summed E-state index contributed by atoms with van der Waals surface area (Å²) in [6.45, 7) is 6.05.